The number of pyridine rings is 1. The highest BCUT2D eigenvalue weighted by Crippen LogP contribution is 2.41. The van der Waals surface area contributed by atoms with Gasteiger partial charge in [0.25, 0.3) is 5.91 Å². The second kappa shape index (κ2) is 6.05. The van der Waals surface area contributed by atoms with Gasteiger partial charge in [-0.05, 0) is 37.8 Å². The fourth-order valence-electron chi connectivity index (χ4n) is 4.24. The Morgan fingerprint density at radius 1 is 1.08 bits per heavy atom. The van der Waals surface area contributed by atoms with Crippen LogP contribution < -0.4 is 0 Å². The molecule has 2 fully saturated rings. The summed E-state index contributed by atoms with van der Waals surface area (Å²) in [5.41, 5.74) is 1.17. The van der Waals surface area contributed by atoms with Gasteiger partial charge in [0.2, 0.25) is 0 Å². The zero-order chi connectivity index (χ0) is 17.5. The molecule has 0 aliphatic carbocycles. The molecule has 8 nitrogen and oxygen atoms in total. The average Bonchev–Trinajstić information content (AvgIpc) is 3.42. The molecule has 132 valence electrons. The van der Waals surface area contributed by atoms with Gasteiger partial charge in [0, 0.05) is 36.1 Å². The van der Waals surface area contributed by atoms with Crippen LogP contribution >= 0.6 is 0 Å². The Morgan fingerprint density at radius 2 is 1.85 bits per heavy atom. The van der Waals surface area contributed by atoms with Crippen LogP contribution in [0.3, 0.4) is 0 Å². The number of nitrogens with zero attached hydrogens (tertiary/aromatic N) is 6. The summed E-state index contributed by atoms with van der Waals surface area (Å²) in [6, 6.07) is 6.09. The number of hydrogen-bond acceptors (Lipinski definition) is 6. The van der Waals surface area contributed by atoms with Crippen LogP contribution in [0.15, 0.2) is 47.5 Å². The van der Waals surface area contributed by atoms with E-state index < -0.39 is 0 Å². The number of hydrogen-bond donors (Lipinski definition) is 0. The molecule has 26 heavy (non-hydrogen) atoms. The van der Waals surface area contributed by atoms with Crippen LogP contribution in [0.4, 0.5) is 0 Å². The number of carbonyl (C=O) groups is 1. The minimum Gasteiger partial charge on any atom is -0.355 e. The van der Waals surface area contributed by atoms with Crippen molar-refractivity contribution in [3.05, 3.63) is 48.7 Å². The molecule has 0 spiro atoms. The van der Waals surface area contributed by atoms with Crippen molar-refractivity contribution >= 4 is 5.91 Å². The molecule has 2 bridgehead atoms. The molecule has 2 aliphatic heterocycles. The number of aromatic nitrogens is 5. The average molecular weight is 350 g/mol. The molecule has 2 unspecified atom stereocenters. The molecule has 0 N–H and O–H groups in total. The summed E-state index contributed by atoms with van der Waals surface area (Å²) >= 11 is 0. The standard InChI is InChI=1S/C18H18N6O2/c25-18(16-10-17(26-22-16)12-2-1-5-19-11-12)23-13-3-4-14(23)9-15(8-13)24-20-6-7-21-24/h1-2,5-7,10-11,13-15H,3-4,8-9H2. The Morgan fingerprint density at radius 3 is 2.54 bits per heavy atom. The first kappa shape index (κ1) is 15.2. The predicted molar refractivity (Wildman–Crippen MR) is 91.0 cm³/mol. The van der Waals surface area contributed by atoms with E-state index in [4.69, 9.17) is 4.52 Å². The smallest absolute Gasteiger partial charge is 0.276 e. The lowest BCUT2D eigenvalue weighted by molar-refractivity contribution is 0.0502. The van der Waals surface area contributed by atoms with E-state index in [1.54, 1.807) is 35.7 Å². The van der Waals surface area contributed by atoms with Gasteiger partial charge in [-0.2, -0.15) is 15.0 Å². The molecule has 8 heteroatoms. The van der Waals surface area contributed by atoms with Crippen molar-refractivity contribution in [2.75, 3.05) is 0 Å². The van der Waals surface area contributed by atoms with E-state index in [0.29, 0.717) is 11.5 Å². The molecular weight excluding hydrogens is 332 g/mol. The number of rotatable bonds is 3. The van der Waals surface area contributed by atoms with E-state index in [9.17, 15) is 4.79 Å². The third-order valence-electron chi connectivity index (χ3n) is 5.38. The van der Waals surface area contributed by atoms with Crippen LogP contribution in [0.25, 0.3) is 11.3 Å². The highest BCUT2D eigenvalue weighted by Gasteiger charge is 2.45. The number of fused-ring (bicyclic) bond motifs is 2. The van der Waals surface area contributed by atoms with Crippen molar-refractivity contribution < 1.29 is 9.32 Å². The Bertz CT molecular complexity index is 893. The number of carbonyl (C=O) groups excluding carboxylic acids is 1. The summed E-state index contributed by atoms with van der Waals surface area (Å²) in [4.78, 5) is 20.9. The number of piperidine rings is 1. The second-order valence-electron chi connectivity index (χ2n) is 6.89. The Labute approximate surface area is 149 Å². The fourth-order valence-corrected chi connectivity index (χ4v) is 4.24. The van der Waals surface area contributed by atoms with Gasteiger partial charge in [-0.25, -0.2) is 0 Å². The van der Waals surface area contributed by atoms with Crippen LogP contribution in [-0.2, 0) is 0 Å². The van der Waals surface area contributed by atoms with Gasteiger partial charge < -0.3 is 9.42 Å². The number of amides is 1. The van der Waals surface area contributed by atoms with Gasteiger partial charge >= 0.3 is 0 Å². The lowest BCUT2D eigenvalue weighted by atomic mass is 9.97. The van der Waals surface area contributed by atoms with Gasteiger partial charge in [-0.1, -0.05) is 5.16 Å². The van der Waals surface area contributed by atoms with Crippen LogP contribution in [0.1, 0.15) is 42.2 Å². The minimum atomic E-state index is -0.0525. The molecule has 2 aliphatic rings. The van der Waals surface area contributed by atoms with Crippen molar-refractivity contribution in [2.24, 2.45) is 0 Å². The summed E-state index contributed by atoms with van der Waals surface area (Å²) in [7, 11) is 0. The first-order valence-electron chi connectivity index (χ1n) is 8.85. The lowest BCUT2D eigenvalue weighted by Gasteiger charge is -2.38. The van der Waals surface area contributed by atoms with Crippen LogP contribution in [0.2, 0.25) is 0 Å². The minimum absolute atomic E-state index is 0.0525. The van der Waals surface area contributed by atoms with Gasteiger partial charge in [-0.3, -0.25) is 9.78 Å². The van der Waals surface area contributed by atoms with E-state index in [2.05, 4.69) is 20.3 Å². The molecule has 3 aromatic heterocycles. The summed E-state index contributed by atoms with van der Waals surface area (Å²) in [6.07, 6.45) is 10.6. The Balaban J connectivity index is 1.36. The van der Waals surface area contributed by atoms with Gasteiger partial charge in [0.15, 0.2) is 11.5 Å². The molecule has 2 saturated heterocycles. The SMILES string of the molecule is O=C(c1cc(-c2cccnc2)on1)N1C2CCC1CC(n1nccn1)C2. The zero-order valence-corrected chi connectivity index (χ0v) is 14.1. The van der Waals surface area contributed by atoms with Gasteiger partial charge in [0.05, 0.1) is 18.4 Å². The molecule has 5 rings (SSSR count). The van der Waals surface area contributed by atoms with Crippen molar-refractivity contribution in [2.45, 2.75) is 43.8 Å². The van der Waals surface area contributed by atoms with Crippen LogP contribution in [0.5, 0.6) is 0 Å². The van der Waals surface area contributed by atoms with Crippen molar-refractivity contribution in [1.29, 1.82) is 0 Å². The quantitative estimate of drug-likeness (QED) is 0.720. The highest BCUT2D eigenvalue weighted by atomic mass is 16.5. The lowest BCUT2D eigenvalue weighted by Crippen LogP contribution is -2.47. The summed E-state index contributed by atoms with van der Waals surface area (Å²) < 4.78 is 5.37. The normalized spacial score (nSPS) is 24.8. The zero-order valence-electron chi connectivity index (χ0n) is 14.1. The molecular formula is C18H18N6O2. The van der Waals surface area contributed by atoms with Crippen LogP contribution in [0, 0.1) is 0 Å². The molecule has 2 atom stereocenters. The van der Waals surface area contributed by atoms with Crippen molar-refractivity contribution in [3.63, 3.8) is 0 Å². The predicted octanol–water partition coefficient (Wildman–Crippen LogP) is 2.34. The first-order chi connectivity index (χ1) is 12.8. The maximum atomic E-state index is 13.0. The van der Waals surface area contributed by atoms with E-state index in [-0.39, 0.29) is 24.0 Å². The van der Waals surface area contributed by atoms with Gasteiger partial charge in [0.1, 0.15) is 0 Å². The molecule has 3 aromatic rings. The summed E-state index contributed by atoms with van der Waals surface area (Å²) in [6.45, 7) is 0. The third kappa shape index (κ3) is 2.49. The maximum Gasteiger partial charge on any atom is 0.276 e. The maximum absolute atomic E-state index is 13.0. The topological polar surface area (TPSA) is 89.9 Å². The third-order valence-corrected chi connectivity index (χ3v) is 5.38. The monoisotopic (exact) mass is 350 g/mol. The highest BCUT2D eigenvalue weighted by molar-refractivity contribution is 5.93. The summed E-state index contributed by atoms with van der Waals surface area (Å²) in [5, 5.41) is 12.6. The molecule has 0 saturated carbocycles. The van der Waals surface area contributed by atoms with E-state index in [1.807, 2.05) is 17.0 Å². The molecule has 0 aromatic carbocycles. The summed E-state index contributed by atoms with van der Waals surface area (Å²) in [5.74, 6) is 0.507. The molecule has 0 radical (unpaired) electrons. The van der Waals surface area contributed by atoms with E-state index in [0.717, 1.165) is 31.2 Å². The van der Waals surface area contributed by atoms with Gasteiger partial charge in [-0.15, -0.1) is 0 Å². The van der Waals surface area contributed by atoms with Crippen LogP contribution in [-0.4, -0.2) is 48.0 Å². The first-order valence-corrected chi connectivity index (χ1v) is 8.85. The Kier molecular flexibility index (Phi) is 3.55. The largest absolute Gasteiger partial charge is 0.355 e. The molecule has 1 amide bonds. The fraction of sp³-hybridized carbons (Fsp3) is 0.389. The second-order valence-corrected chi connectivity index (χ2v) is 6.89. The molecule has 5 heterocycles. The van der Waals surface area contributed by atoms with Crippen molar-refractivity contribution in [1.82, 2.24) is 30.0 Å². The van der Waals surface area contributed by atoms with E-state index >= 15 is 0 Å². The van der Waals surface area contributed by atoms with Crippen molar-refractivity contribution in [3.8, 4) is 11.3 Å². The van der Waals surface area contributed by atoms with E-state index in [1.165, 1.54) is 0 Å². The Hall–Kier alpha value is -3.03.